The van der Waals surface area contributed by atoms with Crippen LogP contribution in [0.4, 0.5) is 0 Å². The van der Waals surface area contributed by atoms with Gasteiger partial charge in [-0.1, -0.05) is 38.1 Å². The number of nitrogens with one attached hydrogen (secondary N) is 1. The molecular weight excluding hydrogens is 438 g/mol. The number of thioether (sulfide) groups is 1. The summed E-state index contributed by atoms with van der Waals surface area (Å²) in [5.41, 5.74) is 1.07. The molecule has 0 spiro atoms. The SMILES string of the molecule is CSc1cc2cccc(C(=O)NC3[C@H](CC=CCCCC(=O)O)C[C@@H]4C[C@H]3C4(C)C)c2s1. The third-order valence-corrected chi connectivity index (χ3v) is 9.96. The summed E-state index contributed by atoms with van der Waals surface area (Å²) in [6.45, 7) is 4.71. The first kappa shape index (κ1) is 23.4. The van der Waals surface area contributed by atoms with Crippen molar-refractivity contribution in [2.75, 3.05) is 6.26 Å². The molecule has 1 aromatic heterocycles. The minimum Gasteiger partial charge on any atom is -0.481 e. The minimum absolute atomic E-state index is 0.0479. The number of carboxylic acids is 1. The lowest BCUT2D eigenvalue weighted by Crippen LogP contribution is -2.63. The summed E-state index contributed by atoms with van der Waals surface area (Å²) in [5.74, 6) is 0.999. The van der Waals surface area contributed by atoms with Gasteiger partial charge in [0, 0.05) is 17.2 Å². The molecular formula is C26H33NO3S2. The molecule has 3 aliphatic rings. The average molecular weight is 472 g/mol. The van der Waals surface area contributed by atoms with E-state index in [1.165, 1.54) is 10.6 Å². The van der Waals surface area contributed by atoms with Crippen LogP contribution in [-0.2, 0) is 4.79 Å². The molecule has 3 aliphatic carbocycles. The highest BCUT2D eigenvalue weighted by molar-refractivity contribution is 8.00. The molecule has 1 aromatic carbocycles. The second-order valence-corrected chi connectivity index (χ2v) is 12.0. The third kappa shape index (κ3) is 4.62. The summed E-state index contributed by atoms with van der Waals surface area (Å²) in [6, 6.07) is 8.37. The van der Waals surface area contributed by atoms with Gasteiger partial charge in [0.05, 0.1) is 9.77 Å². The lowest BCUT2D eigenvalue weighted by molar-refractivity contribution is -0.137. The number of carbonyl (C=O) groups excluding carboxylic acids is 1. The zero-order valence-electron chi connectivity index (χ0n) is 19.1. The number of allylic oxidation sites excluding steroid dienone is 2. The van der Waals surface area contributed by atoms with Crippen LogP contribution in [0.3, 0.4) is 0 Å². The second kappa shape index (κ2) is 9.60. The van der Waals surface area contributed by atoms with E-state index in [-0.39, 0.29) is 23.8 Å². The standard InChI is InChI=1S/C26H33NO3S2/c1-26(2)18-13-16(9-6-4-5-7-12-21(28)29)23(20(26)15-18)27-25(30)19-11-8-10-17-14-22(31-3)32-24(17)19/h4,6,8,10-11,14,16,18,20,23H,5,7,9,12-13,15H2,1-3H3,(H,27,30)(H,28,29)/t16-,18-,20-,23?/m1/s1. The lowest BCUT2D eigenvalue weighted by atomic mass is 9.44. The number of rotatable bonds is 9. The number of aliphatic carboxylic acids is 1. The fourth-order valence-corrected chi connectivity index (χ4v) is 7.41. The number of thiophene rings is 1. The van der Waals surface area contributed by atoms with Crippen LogP contribution in [0.5, 0.6) is 0 Å². The van der Waals surface area contributed by atoms with E-state index in [1.807, 2.05) is 12.1 Å². The van der Waals surface area contributed by atoms with Crippen molar-refractivity contribution in [1.29, 1.82) is 0 Å². The maximum atomic E-state index is 13.4. The Morgan fingerprint density at radius 3 is 2.81 bits per heavy atom. The van der Waals surface area contributed by atoms with E-state index in [0.29, 0.717) is 18.3 Å². The first-order chi connectivity index (χ1) is 15.3. The van der Waals surface area contributed by atoms with E-state index in [4.69, 9.17) is 5.11 Å². The van der Waals surface area contributed by atoms with Gasteiger partial charge in [-0.2, -0.15) is 0 Å². The second-order valence-electron chi connectivity index (χ2n) is 9.84. The summed E-state index contributed by atoms with van der Waals surface area (Å²) in [7, 11) is 0. The van der Waals surface area contributed by atoms with Crippen LogP contribution in [0, 0.1) is 23.2 Å². The van der Waals surface area contributed by atoms with E-state index in [2.05, 4.69) is 49.7 Å². The van der Waals surface area contributed by atoms with Crippen molar-refractivity contribution in [2.45, 2.75) is 62.6 Å². The molecule has 2 bridgehead atoms. The lowest BCUT2D eigenvalue weighted by Gasteiger charge is -2.62. The van der Waals surface area contributed by atoms with Gasteiger partial charge >= 0.3 is 5.97 Å². The van der Waals surface area contributed by atoms with Crippen LogP contribution >= 0.6 is 23.1 Å². The van der Waals surface area contributed by atoms with Gasteiger partial charge in [-0.05, 0) is 79.0 Å². The molecule has 6 heteroatoms. The van der Waals surface area contributed by atoms with Gasteiger partial charge in [-0.25, -0.2) is 0 Å². The van der Waals surface area contributed by atoms with Crippen LogP contribution in [0.2, 0.25) is 0 Å². The Hall–Kier alpha value is -1.79. The van der Waals surface area contributed by atoms with Gasteiger partial charge in [-0.3, -0.25) is 9.59 Å². The monoisotopic (exact) mass is 471 g/mol. The first-order valence-corrected chi connectivity index (χ1v) is 13.6. The Morgan fingerprint density at radius 1 is 1.28 bits per heavy atom. The maximum Gasteiger partial charge on any atom is 0.303 e. The van der Waals surface area contributed by atoms with Crippen molar-refractivity contribution in [3.05, 3.63) is 42.0 Å². The molecule has 1 unspecified atom stereocenters. The zero-order valence-corrected chi connectivity index (χ0v) is 20.7. The molecule has 3 fully saturated rings. The summed E-state index contributed by atoms with van der Waals surface area (Å²) >= 11 is 3.42. The molecule has 172 valence electrons. The van der Waals surface area contributed by atoms with E-state index >= 15 is 0 Å². The Bertz CT molecular complexity index is 1030. The normalized spacial score (nSPS) is 26.2. The molecule has 2 N–H and O–H groups in total. The molecule has 0 aliphatic heterocycles. The topological polar surface area (TPSA) is 66.4 Å². The predicted octanol–water partition coefficient (Wildman–Crippen LogP) is 6.61. The minimum atomic E-state index is -0.735. The third-order valence-electron chi connectivity index (χ3n) is 7.71. The van der Waals surface area contributed by atoms with Gasteiger partial charge in [0.2, 0.25) is 0 Å². The average Bonchev–Trinajstić information content (AvgIpc) is 3.19. The Balaban J connectivity index is 1.47. The number of benzene rings is 1. The molecule has 0 saturated heterocycles. The van der Waals surface area contributed by atoms with Gasteiger partial charge in [0.15, 0.2) is 0 Å². The van der Waals surface area contributed by atoms with Gasteiger partial charge in [-0.15, -0.1) is 23.1 Å². The van der Waals surface area contributed by atoms with Crippen LogP contribution in [-0.4, -0.2) is 29.3 Å². The van der Waals surface area contributed by atoms with Crippen molar-refractivity contribution in [1.82, 2.24) is 5.32 Å². The molecule has 1 heterocycles. The molecule has 1 amide bonds. The highest BCUT2D eigenvalue weighted by Crippen LogP contribution is 2.61. The Morgan fingerprint density at radius 2 is 2.09 bits per heavy atom. The van der Waals surface area contributed by atoms with Crippen LogP contribution in [0.1, 0.15) is 62.7 Å². The fourth-order valence-electron chi connectivity index (χ4n) is 5.68. The predicted molar refractivity (Wildman–Crippen MR) is 134 cm³/mol. The van der Waals surface area contributed by atoms with Crippen molar-refractivity contribution < 1.29 is 14.7 Å². The van der Waals surface area contributed by atoms with Crippen molar-refractivity contribution >= 4 is 45.1 Å². The molecule has 32 heavy (non-hydrogen) atoms. The van der Waals surface area contributed by atoms with Crippen molar-refractivity contribution in [3.63, 3.8) is 0 Å². The molecule has 4 nitrogen and oxygen atoms in total. The van der Waals surface area contributed by atoms with E-state index in [0.717, 1.165) is 40.8 Å². The van der Waals surface area contributed by atoms with Crippen LogP contribution in [0.15, 0.2) is 40.6 Å². The van der Waals surface area contributed by atoms with Crippen molar-refractivity contribution in [2.24, 2.45) is 23.2 Å². The molecule has 2 aromatic rings. The fraction of sp³-hybridized carbons (Fsp3) is 0.538. The molecule has 0 radical (unpaired) electrons. The molecule has 3 saturated carbocycles. The number of carbonyl (C=O) groups is 2. The zero-order chi connectivity index (χ0) is 22.9. The van der Waals surface area contributed by atoms with Gasteiger partial charge in [0.1, 0.15) is 0 Å². The Kier molecular flexibility index (Phi) is 7.01. The molecule has 5 rings (SSSR count). The quantitative estimate of drug-likeness (QED) is 0.245. The van der Waals surface area contributed by atoms with E-state index in [9.17, 15) is 9.59 Å². The van der Waals surface area contributed by atoms with Gasteiger partial charge in [0.25, 0.3) is 5.91 Å². The highest BCUT2D eigenvalue weighted by Gasteiger charge is 2.57. The number of hydrogen-bond donors (Lipinski definition) is 2. The van der Waals surface area contributed by atoms with E-state index in [1.54, 1.807) is 23.1 Å². The smallest absolute Gasteiger partial charge is 0.303 e. The summed E-state index contributed by atoms with van der Waals surface area (Å²) in [6.07, 6.45) is 11.4. The maximum absolute atomic E-state index is 13.4. The summed E-state index contributed by atoms with van der Waals surface area (Å²) < 4.78 is 2.30. The number of fused-ring (bicyclic) bond motifs is 3. The largest absolute Gasteiger partial charge is 0.481 e. The van der Waals surface area contributed by atoms with Crippen LogP contribution in [0.25, 0.3) is 10.1 Å². The first-order valence-electron chi connectivity index (χ1n) is 11.6. The molecule has 4 atom stereocenters. The number of amides is 1. The van der Waals surface area contributed by atoms with Crippen molar-refractivity contribution in [3.8, 4) is 0 Å². The number of unbranched alkanes of at least 4 members (excludes halogenated alkanes) is 1. The summed E-state index contributed by atoms with van der Waals surface area (Å²) in [5, 5.41) is 13.4. The van der Waals surface area contributed by atoms with Gasteiger partial charge < -0.3 is 10.4 Å². The Labute approximate surface area is 198 Å². The highest BCUT2D eigenvalue weighted by atomic mass is 32.2. The number of carboxylic acid groups (broad SMARTS) is 1. The van der Waals surface area contributed by atoms with E-state index < -0.39 is 5.97 Å². The van der Waals surface area contributed by atoms with Crippen LogP contribution < -0.4 is 5.32 Å². The summed E-state index contributed by atoms with van der Waals surface area (Å²) in [4.78, 5) is 24.1. The number of hydrogen-bond acceptors (Lipinski definition) is 4.